The van der Waals surface area contributed by atoms with Crippen LogP contribution in [0.25, 0.3) is 11.0 Å². The smallest absolute Gasteiger partial charge is 0.253 e. The molecular formula is C16H24N4O. The summed E-state index contributed by atoms with van der Waals surface area (Å²) >= 11 is 0. The SMILES string of the molecule is CCNCc1nc2cc(C(=O)N(C)C)ccc2n1C(C)C. The highest BCUT2D eigenvalue weighted by molar-refractivity contribution is 5.97. The van der Waals surface area contributed by atoms with Gasteiger partial charge in [0.1, 0.15) is 5.82 Å². The fourth-order valence-corrected chi connectivity index (χ4v) is 2.48. The second kappa shape index (κ2) is 6.26. The lowest BCUT2D eigenvalue weighted by atomic mass is 10.1. The van der Waals surface area contributed by atoms with Crippen LogP contribution in [0.3, 0.4) is 0 Å². The van der Waals surface area contributed by atoms with Crippen molar-refractivity contribution >= 4 is 16.9 Å². The number of hydrogen-bond acceptors (Lipinski definition) is 3. The molecule has 21 heavy (non-hydrogen) atoms. The Balaban J connectivity index is 2.51. The Kier molecular flexibility index (Phi) is 4.63. The van der Waals surface area contributed by atoms with E-state index in [0.29, 0.717) is 11.6 Å². The third-order valence-electron chi connectivity index (χ3n) is 3.47. The predicted molar refractivity (Wildman–Crippen MR) is 85.5 cm³/mol. The summed E-state index contributed by atoms with van der Waals surface area (Å²) in [5.41, 5.74) is 2.63. The molecule has 1 amide bonds. The fourth-order valence-electron chi connectivity index (χ4n) is 2.48. The van der Waals surface area contributed by atoms with Gasteiger partial charge >= 0.3 is 0 Å². The summed E-state index contributed by atoms with van der Waals surface area (Å²) in [6.07, 6.45) is 0. The van der Waals surface area contributed by atoms with Gasteiger partial charge in [-0.05, 0) is 38.6 Å². The van der Waals surface area contributed by atoms with Crippen LogP contribution in [0.2, 0.25) is 0 Å². The Morgan fingerprint density at radius 1 is 1.38 bits per heavy atom. The molecule has 0 bridgehead atoms. The van der Waals surface area contributed by atoms with Gasteiger partial charge in [-0.25, -0.2) is 4.98 Å². The van der Waals surface area contributed by atoms with Crippen LogP contribution in [0.5, 0.6) is 0 Å². The van der Waals surface area contributed by atoms with E-state index >= 15 is 0 Å². The molecule has 1 aromatic carbocycles. The van der Waals surface area contributed by atoms with Crippen LogP contribution in [0.1, 0.15) is 43.0 Å². The highest BCUT2D eigenvalue weighted by Gasteiger charge is 2.15. The number of aromatic nitrogens is 2. The maximum Gasteiger partial charge on any atom is 0.253 e. The Hall–Kier alpha value is -1.88. The molecule has 0 saturated heterocycles. The Labute approximate surface area is 126 Å². The van der Waals surface area contributed by atoms with Crippen molar-refractivity contribution in [2.45, 2.75) is 33.4 Å². The van der Waals surface area contributed by atoms with Crippen molar-refractivity contribution in [1.29, 1.82) is 0 Å². The number of rotatable bonds is 5. The van der Waals surface area contributed by atoms with Crippen LogP contribution < -0.4 is 5.32 Å². The van der Waals surface area contributed by atoms with Crippen LogP contribution in [0.15, 0.2) is 18.2 Å². The van der Waals surface area contributed by atoms with Crippen LogP contribution in [0, 0.1) is 0 Å². The number of hydrogen-bond donors (Lipinski definition) is 1. The van der Waals surface area contributed by atoms with Crippen LogP contribution in [0.4, 0.5) is 0 Å². The number of carbonyl (C=O) groups excluding carboxylic acids is 1. The number of fused-ring (bicyclic) bond motifs is 1. The number of benzene rings is 1. The second-order valence-corrected chi connectivity index (χ2v) is 5.68. The molecule has 0 spiro atoms. The first-order valence-corrected chi connectivity index (χ1v) is 7.39. The Morgan fingerprint density at radius 2 is 2.10 bits per heavy atom. The zero-order chi connectivity index (χ0) is 15.6. The van der Waals surface area contributed by atoms with Gasteiger partial charge in [-0.3, -0.25) is 4.79 Å². The molecule has 1 N–H and O–H groups in total. The molecule has 1 heterocycles. The second-order valence-electron chi connectivity index (χ2n) is 5.68. The quantitative estimate of drug-likeness (QED) is 0.919. The van der Waals surface area contributed by atoms with E-state index < -0.39 is 0 Å². The molecular weight excluding hydrogens is 264 g/mol. The lowest BCUT2D eigenvalue weighted by molar-refractivity contribution is 0.0828. The van der Waals surface area contributed by atoms with Crippen molar-refractivity contribution in [3.63, 3.8) is 0 Å². The number of carbonyl (C=O) groups is 1. The third-order valence-corrected chi connectivity index (χ3v) is 3.47. The maximum atomic E-state index is 12.1. The topological polar surface area (TPSA) is 50.2 Å². The molecule has 0 atom stereocenters. The van der Waals surface area contributed by atoms with Crippen molar-refractivity contribution in [2.75, 3.05) is 20.6 Å². The average Bonchev–Trinajstić information content (AvgIpc) is 2.81. The molecule has 0 fully saturated rings. The van der Waals surface area contributed by atoms with E-state index in [9.17, 15) is 4.79 Å². The van der Waals surface area contributed by atoms with Crippen molar-refractivity contribution in [3.05, 3.63) is 29.6 Å². The number of nitrogens with zero attached hydrogens (tertiary/aromatic N) is 3. The first-order valence-electron chi connectivity index (χ1n) is 7.39. The van der Waals surface area contributed by atoms with E-state index in [1.165, 1.54) is 0 Å². The van der Waals surface area contributed by atoms with E-state index in [1.807, 2.05) is 18.2 Å². The van der Waals surface area contributed by atoms with Gasteiger partial charge in [-0.2, -0.15) is 0 Å². The molecule has 0 aliphatic rings. The molecule has 2 aromatic rings. The molecule has 0 saturated carbocycles. The lowest BCUT2D eigenvalue weighted by Crippen LogP contribution is -2.21. The number of nitrogens with one attached hydrogen (secondary N) is 1. The van der Waals surface area contributed by atoms with Crippen LogP contribution in [-0.4, -0.2) is 41.0 Å². The first-order chi connectivity index (χ1) is 9.95. The van der Waals surface area contributed by atoms with Gasteiger partial charge in [0.25, 0.3) is 5.91 Å². The van der Waals surface area contributed by atoms with Gasteiger partial charge in [-0.1, -0.05) is 6.92 Å². The normalized spacial score (nSPS) is 11.3. The minimum Gasteiger partial charge on any atom is -0.345 e. The Bertz CT molecular complexity index is 643. The molecule has 5 heteroatoms. The highest BCUT2D eigenvalue weighted by Crippen LogP contribution is 2.22. The fraction of sp³-hybridized carbons (Fsp3) is 0.500. The molecule has 5 nitrogen and oxygen atoms in total. The largest absolute Gasteiger partial charge is 0.345 e. The van der Waals surface area contributed by atoms with Gasteiger partial charge < -0.3 is 14.8 Å². The summed E-state index contributed by atoms with van der Waals surface area (Å²) in [7, 11) is 3.52. The van der Waals surface area contributed by atoms with Gasteiger partial charge in [0.05, 0.1) is 17.6 Å². The third kappa shape index (κ3) is 3.08. The van der Waals surface area contributed by atoms with E-state index in [2.05, 4.69) is 30.7 Å². The van der Waals surface area contributed by atoms with Crippen LogP contribution >= 0.6 is 0 Å². The summed E-state index contributed by atoms with van der Waals surface area (Å²) in [5, 5.41) is 3.32. The van der Waals surface area contributed by atoms with Crippen molar-refractivity contribution in [1.82, 2.24) is 19.8 Å². The summed E-state index contributed by atoms with van der Waals surface area (Å²) in [6.45, 7) is 8.02. The van der Waals surface area contributed by atoms with Gasteiger partial charge in [-0.15, -0.1) is 0 Å². The van der Waals surface area contributed by atoms with Crippen molar-refractivity contribution in [2.24, 2.45) is 0 Å². The molecule has 0 radical (unpaired) electrons. The van der Waals surface area contributed by atoms with E-state index in [4.69, 9.17) is 4.98 Å². The average molecular weight is 288 g/mol. The molecule has 2 rings (SSSR count). The highest BCUT2D eigenvalue weighted by atomic mass is 16.2. The minimum atomic E-state index is 0.00392. The monoisotopic (exact) mass is 288 g/mol. The summed E-state index contributed by atoms with van der Waals surface area (Å²) in [6, 6.07) is 6.09. The Morgan fingerprint density at radius 3 is 2.67 bits per heavy atom. The number of imidazole rings is 1. The zero-order valence-electron chi connectivity index (χ0n) is 13.5. The summed E-state index contributed by atoms with van der Waals surface area (Å²) < 4.78 is 2.22. The molecule has 114 valence electrons. The standard InChI is InChI=1S/C16H24N4O/c1-6-17-10-15-18-13-9-12(16(21)19(4)5)7-8-14(13)20(15)11(2)3/h7-9,11,17H,6,10H2,1-5H3. The van der Waals surface area contributed by atoms with Gasteiger partial charge in [0, 0.05) is 25.7 Å². The molecule has 0 aliphatic heterocycles. The lowest BCUT2D eigenvalue weighted by Gasteiger charge is -2.13. The predicted octanol–water partition coefficient (Wildman–Crippen LogP) is 2.43. The van der Waals surface area contributed by atoms with E-state index in [-0.39, 0.29) is 5.91 Å². The van der Waals surface area contributed by atoms with Crippen LogP contribution in [-0.2, 0) is 6.54 Å². The zero-order valence-corrected chi connectivity index (χ0v) is 13.5. The summed E-state index contributed by atoms with van der Waals surface area (Å²) in [4.78, 5) is 18.4. The van der Waals surface area contributed by atoms with E-state index in [1.54, 1.807) is 19.0 Å². The minimum absolute atomic E-state index is 0.00392. The van der Waals surface area contributed by atoms with Crippen molar-refractivity contribution < 1.29 is 4.79 Å². The van der Waals surface area contributed by atoms with Gasteiger partial charge in [0.2, 0.25) is 0 Å². The first kappa shape index (κ1) is 15.5. The molecule has 0 unspecified atom stereocenters. The van der Waals surface area contributed by atoms with Crippen molar-refractivity contribution in [3.8, 4) is 0 Å². The number of amides is 1. The van der Waals surface area contributed by atoms with Gasteiger partial charge in [0.15, 0.2) is 0 Å². The summed E-state index contributed by atoms with van der Waals surface area (Å²) in [5.74, 6) is 1.01. The molecule has 0 aliphatic carbocycles. The van der Waals surface area contributed by atoms with E-state index in [0.717, 1.165) is 29.9 Å². The molecule has 1 aromatic heterocycles. The maximum absolute atomic E-state index is 12.1.